The Bertz CT molecular complexity index is 484. The predicted molar refractivity (Wildman–Crippen MR) is 74.7 cm³/mol. The molecule has 0 aliphatic rings. The molecule has 0 bridgehead atoms. The van der Waals surface area contributed by atoms with E-state index >= 15 is 0 Å². The predicted octanol–water partition coefficient (Wildman–Crippen LogP) is 3.34. The first kappa shape index (κ1) is 13.6. The minimum absolute atomic E-state index is 0.253. The zero-order chi connectivity index (χ0) is 13.5. The van der Waals surface area contributed by atoms with E-state index in [9.17, 15) is 4.39 Å². The van der Waals surface area contributed by atoms with Gasteiger partial charge >= 0.3 is 0 Å². The second-order valence-electron chi connectivity index (χ2n) is 4.43. The van der Waals surface area contributed by atoms with E-state index in [-0.39, 0.29) is 5.82 Å². The maximum absolute atomic E-state index is 12.7. The summed E-state index contributed by atoms with van der Waals surface area (Å²) in [6.07, 6.45) is 0.845. The number of halogens is 1. The molecule has 0 saturated carbocycles. The Hall–Kier alpha value is -1.87. The number of ether oxygens (including phenoxy) is 1. The third-order valence-electron chi connectivity index (χ3n) is 3.10. The van der Waals surface area contributed by atoms with Gasteiger partial charge in [-0.2, -0.15) is 0 Å². The molecule has 0 saturated heterocycles. The highest BCUT2D eigenvalue weighted by atomic mass is 19.1. The fourth-order valence-electron chi connectivity index (χ4n) is 2.00. The van der Waals surface area contributed by atoms with Gasteiger partial charge in [-0.3, -0.25) is 0 Å². The third kappa shape index (κ3) is 4.07. The van der Waals surface area contributed by atoms with Crippen LogP contribution in [0.2, 0.25) is 0 Å². The summed E-state index contributed by atoms with van der Waals surface area (Å²) < 4.78 is 18.3. The van der Waals surface area contributed by atoms with E-state index in [2.05, 4.69) is 12.1 Å². The normalized spacial score (nSPS) is 12.1. The molecule has 2 aromatic rings. The van der Waals surface area contributed by atoms with Gasteiger partial charge in [0.15, 0.2) is 0 Å². The summed E-state index contributed by atoms with van der Waals surface area (Å²) in [6.45, 7) is 1.17. The molecule has 0 fully saturated rings. The highest BCUT2D eigenvalue weighted by Gasteiger charge is 2.09. The van der Waals surface area contributed by atoms with Gasteiger partial charge in [0.05, 0.1) is 6.61 Å². The van der Waals surface area contributed by atoms with Crippen molar-refractivity contribution in [3.8, 4) is 5.75 Å². The van der Waals surface area contributed by atoms with Crippen LogP contribution in [-0.2, 0) is 0 Å². The van der Waals surface area contributed by atoms with Crippen molar-refractivity contribution in [2.45, 2.75) is 12.3 Å². The van der Waals surface area contributed by atoms with Crippen molar-refractivity contribution in [1.29, 1.82) is 0 Å². The molecule has 0 heterocycles. The maximum atomic E-state index is 12.7. The van der Waals surface area contributed by atoms with Crippen LogP contribution in [0.4, 0.5) is 4.39 Å². The quantitative estimate of drug-likeness (QED) is 0.863. The molecule has 1 atom stereocenters. The second kappa shape index (κ2) is 6.90. The first-order valence-corrected chi connectivity index (χ1v) is 6.43. The minimum atomic E-state index is -0.253. The summed E-state index contributed by atoms with van der Waals surface area (Å²) in [4.78, 5) is 0. The van der Waals surface area contributed by atoms with Crippen molar-refractivity contribution >= 4 is 0 Å². The molecule has 0 aromatic heterocycles. The average molecular weight is 259 g/mol. The molecule has 1 unspecified atom stereocenters. The molecular weight excluding hydrogens is 241 g/mol. The molecule has 3 heteroatoms. The monoisotopic (exact) mass is 259 g/mol. The maximum Gasteiger partial charge on any atom is 0.123 e. The molecule has 100 valence electrons. The Labute approximate surface area is 113 Å². The summed E-state index contributed by atoms with van der Waals surface area (Å²) in [5.74, 6) is 0.725. The number of benzene rings is 2. The van der Waals surface area contributed by atoms with Crippen LogP contribution in [0, 0.1) is 5.82 Å². The van der Waals surface area contributed by atoms with Gasteiger partial charge in [-0.15, -0.1) is 0 Å². The van der Waals surface area contributed by atoms with Gasteiger partial charge in [0.25, 0.3) is 0 Å². The lowest BCUT2D eigenvalue weighted by molar-refractivity contribution is 0.298. The molecule has 2 nitrogen and oxygen atoms in total. The van der Waals surface area contributed by atoms with Crippen molar-refractivity contribution in [2.75, 3.05) is 13.2 Å². The van der Waals surface area contributed by atoms with Gasteiger partial charge in [0.2, 0.25) is 0 Å². The highest BCUT2D eigenvalue weighted by Crippen LogP contribution is 2.19. The van der Waals surface area contributed by atoms with Crippen LogP contribution in [0.3, 0.4) is 0 Å². The first-order valence-electron chi connectivity index (χ1n) is 6.43. The number of hydrogen-bond donors (Lipinski definition) is 1. The summed E-state index contributed by atoms with van der Waals surface area (Å²) in [6, 6.07) is 16.2. The Kier molecular flexibility index (Phi) is 4.93. The fraction of sp³-hybridized carbons (Fsp3) is 0.250. The summed E-state index contributed by atoms with van der Waals surface area (Å²) in [5.41, 5.74) is 7.03. The van der Waals surface area contributed by atoms with Gasteiger partial charge in [-0.1, -0.05) is 30.3 Å². The molecule has 0 radical (unpaired) electrons. The van der Waals surface area contributed by atoms with Gasteiger partial charge < -0.3 is 10.5 Å². The average Bonchev–Trinajstić information content (AvgIpc) is 2.46. The van der Waals surface area contributed by atoms with Crippen LogP contribution in [0.25, 0.3) is 0 Å². The Morgan fingerprint density at radius 2 is 1.68 bits per heavy atom. The Morgan fingerprint density at radius 3 is 2.32 bits per heavy atom. The topological polar surface area (TPSA) is 35.2 Å². The van der Waals surface area contributed by atoms with Crippen LogP contribution in [0.1, 0.15) is 17.9 Å². The van der Waals surface area contributed by atoms with E-state index < -0.39 is 0 Å². The lowest BCUT2D eigenvalue weighted by Gasteiger charge is -2.15. The molecule has 0 amide bonds. The van der Waals surface area contributed by atoms with Crippen molar-refractivity contribution in [3.63, 3.8) is 0 Å². The van der Waals surface area contributed by atoms with Crippen molar-refractivity contribution in [2.24, 2.45) is 5.73 Å². The largest absolute Gasteiger partial charge is 0.494 e. The van der Waals surface area contributed by atoms with E-state index in [4.69, 9.17) is 10.5 Å². The Balaban J connectivity index is 1.85. The molecule has 19 heavy (non-hydrogen) atoms. The SMILES string of the molecule is NCC(CCOc1ccc(F)cc1)c1ccccc1. The first-order chi connectivity index (χ1) is 9.29. The van der Waals surface area contributed by atoms with Crippen LogP contribution >= 0.6 is 0 Å². The van der Waals surface area contributed by atoms with Crippen molar-refractivity contribution in [1.82, 2.24) is 0 Å². The zero-order valence-electron chi connectivity index (χ0n) is 10.8. The van der Waals surface area contributed by atoms with Crippen LogP contribution in [0.5, 0.6) is 5.75 Å². The summed E-state index contributed by atoms with van der Waals surface area (Å²) >= 11 is 0. The van der Waals surface area contributed by atoms with Gasteiger partial charge in [-0.25, -0.2) is 4.39 Å². The van der Waals surface area contributed by atoms with E-state index in [0.29, 0.717) is 24.8 Å². The van der Waals surface area contributed by atoms with Crippen molar-refractivity contribution < 1.29 is 9.13 Å². The second-order valence-corrected chi connectivity index (χ2v) is 4.43. The Morgan fingerprint density at radius 1 is 1.00 bits per heavy atom. The highest BCUT2D eigenvalue weighted by molar-refractivity contribution is 5.22. The third-order valence-corrected chi connectivity index (χ3v) is 3.10. The summed E-state index contributed by atoms with van der Waals surface area (Å²) in [5, 5.41) is 0. The standard InChI is InChI=1S/C16H18FNO/c17-15-6-8-16(9-7-15)19-11-10-14(12-18)13-4-2-1-3-5-13/h1-9,14H,10-12,18H2. The van der Waals surface area contributed by atoms with E-state index in [0.717, 1.165) is 6.42 Å². The minimum Gasteiger partial charge on any atom is -0.494 e. The van der Waals surface area contributed by atoms with Gasteiger partial charge in [-0.05, 0) is 48.7 Å². The smallest absolute Gasteiger partial charge is 0.123 e. The van der Waals surface area contributed by atoms with E-state index in [1.165, 1.54) is 17.7 Å². The van der Waals surface area contributed by atoms with Gasteiger partial charge in [0, 0.05) is 0 Å². The molecule has 0 aliphatic carbocycles. The molecule has 2 aromatic carbocycles. The van der Waals surface area contributed by atoms with E-state index in [1.54, 1.807) is 12.1 Å². The fourth-order valence-corrected chi connectivity index (χ4v) is 2.00. The molecule has 2 N–H and O–H groups in total. The van der Waals surface area contributed by atoms with E-state index in [1.807, 2.05) is 18.2 Å². The van der Waals surface area contributed by atoms with Gasteiger partial charge in [0.1, 0.15) is 11.6 Å². The molecular formula is C16H18FNO. The summed E-state index contributed by atoms with van der Waals surface area (Å²) in [7, 11) is 0. The number of rotatable bonds is 6. The van der Waals surface area contributed by atoms with Crippen LogP contribution in [0.15, 0.2) is 54.6 Å². The molecule has 2 rings (SSSR count). The lowest BCUT2D eigenvalue weighted by Crippen LogP contribution is -2.15. The van der Waals surface area contributed by atoms with Crippen LogP contribution < -0.4 is 10.5 Å². The number of hydrogen-bond acceptors (Lipinski definition) is 2. The molecule has 0 aliphatic heterocycles. The van der Waals surface area contributed by atoms with Crippen molar-refractivity contribution in [3.05, 3.63) is 66.0 Å². The lowest BCUT2D eigenvalue weighted by atomic mass is 9.96. The van der Waals surface area contributed by atoms with Crippen LogP contribution in [-0.4, -0.2) is 13.2 Å². The number of nitrogens with two attached hydrogens (primary N) is 1. The zero-order valence-corrected chi connectivity index (χ0v) is 10.8. The molecule has 0 spiro atoms.